The van der Waals surface area contributed by atoms with Gasteiger partial charge < -0.3 is 29.7 Å². The Kier molecular flexibility index (Phi) is 6.65. The van der Waals surface area contributed by atoms with Gasteiger partial charge in [0.05, 0.1) is 13.2 Å². The van der Waals surface area contributed by atoms with E-state index in [1.54, 1.807) is 0 Å². The number of hydrogen-bond acceptors (Lipinski definition) is 10. The maximum absolute atomic E-state index is 5.46. The van der Waals surface area contributed by atoms with Crippen molar-refractivity contribution < 1.29 is 14.2 Å². The van der Waals surface area contributed by atoms with Gasteiger partial charge in [0.1, 0.15) is 0 Å². The number of ether oxygens (including phenoxy) is 3. The minimum Gasteiger partial charge on any atom is -0.454 e. The molecule has 0 radical (unpaired) electrons. The highest BCUT2D eigenvalue weighted by Gasteiger charge is 2.16. The van der Waals surface area contributed by atoms with Crippen molar-refractivity contribution in [3.63, 3.8) is 0 Å². The second-order valence-electron chi connectivity index (χ2n) is 7.03. The molecule has 0 spiro atoms. The molecule has 0 aliphatic carbocycles. The van der Waals surface area contributed by atoms with E-state index in [0.717, 1.165) is 63.9 Å². The molecule has 0 amide bonds. The van der Waals surface area contributed by atoms with Crippen LogP contribution in [0.2, 0.25) is 0 Å². The fraction of sp³-hybridized carbons (Fsp3) is 0.550. The van der Waals surface area contributed by atoms with Gasteiger partial charge in [0, 0.05) is 51.0 Å². The summed E-state index contributed by atoms with van der Waals surface area (Å²) in [5.41, 5.74) is 0.829. The summed E-state index contributed by atoms with van der Waals surface area (Å²) in [4.78, 5) is 18.3. The van der Waals surface area contributed by atoms with E-state index >= 15 is 0 Å². The van der Waals surface area contributed by atoms with Crippen LogP contribution in [0.4, 0.5) is 23.5 Å². The molecule has 10 nitrogen and oxygen atoms in total. The molecule has 1 fully saturated rings. The Hall–Kier alpha value is -2.85. The van der Waals surface area contributed by atoms with Crippen LogP contribution in [0.3, 0.4) is 0 Å². The highest BCUT2D eigenvalue weighted by Crippen LogP contribution is 2.34. The lowest BCUT2D eigenvalue weighted by Crippen LogP contribution is -2.39. The van der Waals surface area contributed by atoms with Crippen LogP contribution in [-0.2, 0) is 4.74 Å². The predicted molar refractivity (Wildman–Crippen MR) is 115 cm³/mol. The number of rotatable bonds is 9. The molecule has 10 heteroatoms. The van der Waals surface area contributed by atoms with Gasteiger partial charge >= 0.3 is 0 Å². The monoisotopic (exact) mass is 415 g/mol. The smallest absolute Gasteiger partial charge is 0.233 e. The molecular formula is C20H29N7O3. The van der Waals surface area contributed by atoms with Crippen molar-refractivity contribution in [3.8, 4) is 11.5 Å². The summed E-state index contributed by atoms with van der Waals surface area (Å²) in [6.45, 7) is 11.2. The quantitative estimate of drug-likeness (QED) is 0.632. The van der Waals surface area contributed by atoms with Gasteiger partial charge in [-0.3, -0.25) is 4.90 Å². The minimum absolute atomic E-state index is 0.244. The van der Waals surface area contributed by atoms with Crippen LogP contribution < -0.4 is 25.0 Å². The Morgan fingerprint density at radius 3 is 2.57 bits per heavy atom. The van der Waals surface area contributed by atoms with Gasteiger partial charge in [-0.2, -0.15) is 15.0 Å². The van der Waals surface area contributed by atoms with Crippen LogP contribution in [0.25, 0.3) is 0 Å². The third-order valence-corrected chi connectivity index (χ3v) is 5.11. The predicted octanol–water partition coefficient (Wildman–Crippen LogP) is 1.93. The summed E-state index contributed by atoms with van der Waals surface area (Å²) >= 11 is 0. The summed E-state index contributed by atoms with van der Waals surface area (Å²) in [6.07, 6.45) is 0. The van der Waals surface area contributed by atoms with Crippen LogP contribution in [-0.4, -0.2) is 79.1 Å². The third kappa shape index (κ3) is 5.00. The van der Waals surface area contributed by atoms with E-state index in [1.165, 1.54) is 0 Å². The van der Waals surface area contributed by atoms with Gasteiger partial charge in [0.2, 0.25) is 24.6 Å². The molecule has 0 atom stereocenters. The first-order chi connectivity index (χ1) is 14.7. The molecule has 3 heterocycles. The molecule has 0 unspecified atom stereocenters. The zero-order valence-corrected chi connectivity index (χ0v) is 17.6. The fourth-order valence-electron chi connectivity index (χ4n) is 3.40. The molecule has 0 bridgehead atoms. The molecular weight excluding hydrogens is 386 g/mol. The van der Waals surface area contributed by atoms with Crippen molar-refractivity contribution >= 4 is 23.5 Å². The maximum Gasteiger partial charge on any atom is 0.233 e. The van der Waals surface area contributed by atoms with E-state index in [-0.39, 0.29) is 6.79 Å². The van der Waals surface area contributed by atoms with Crippen LogP contribution in [0.5, 0.6) is 11.5 Å². The summed E-state index contributed by atoms with van der Waals surface area (Å²) in [7, 11) is 0. The lowest BCUT2D eigenvalue weighted by molar-refractivity contribution is 0.0398. The van der Waals surface area contributed by atoms with Crippen LogP contribution in [0, 0.1) is 0 Å². The standard InChI is InChI=1S/C20H29N7O3/c1-3-27(4-2)20-24-18(21-7-8-26-9-11-28-12-10-26)23-19(25-20)22-15-5-6-16-17(13-15)30-14-29-16/h5-6,13H,3-4,7-12,14H2,1-2H3,(H2,21,22,23,24,25). The third-order valence-electron chi connectivity index (χ3n) is 5.11. The Morgan fingerprint density at radius 1 is 1.00 bits per heavy atom. The molecule has 4 rings (SSSR count). The van der Waals surface area contributed by atoms with Crippen molar-refractivity contribution in [2.75, 3.05) is 74.8 Å². The lowest BCUT2D eigenvalue weighted by Gasteiger charge is -2.26. The SMILES string of the molecule is CCN(CC)c1nc(NCCN2CCOCC2)nc(Nc2ccc3c(c2)OCO3)n1. The number of hydrogen-bond donors (Lipinski definition) is 2. The molecule has 1 saturated heterocycles. The number of nitrogens with zero attached hydrogens (tertiary/aromatic N) is 5. The maximum atomic E-state index is 5.46. The second kappa shape index (κ2) is 9.77. The molecule has 30 heavy (non-hydrogen) atoms. The lowest BCUT2D eigenvalue weighted by atomic mass is 10.3. The fourth-order valence-corrected chi connectivity index (χ4v) is 3.40. The summed E-state index contributed by atoms with van der Waals surface area (Å²) in [5.74, 6) is 3.14. The molecule has 0 saturated carbocycles. The van der Waals surface area contributed by atoms with Crippen LogP contribution in [0.15, 0.2) is 18.2 Å². The Bertz CT molecular complexity index is 841. The topological polar surface area (TPSA) is 96.9 Å². The highest BCUT2D eigenvalue weighted by molar-refractivity contribution is 5.61. The Balaban J connectivity index is 1.48. The first kappa shape index (κ1) is 20.4. The van der Waals surface area contributed by atoms with E-state index < -0.39 is 0 Å². The molecule has 2 aliphatic rings. The van der Waals surface area contributed by atoms with E-state index in [4.69, 9.17) is 14.2 Å². The zero-order valence-electron chi connectivity index (χ0n) is 17.6. The number of anilines is 4. The van der Waals surface area contributed by atoms with Crippen LogP contribution >= 0.6 is 0 Å². The van der Waals surface area contributed by atoms with Gasteiger partial charge in [-0.1, -0.05) is 0 Å². The minimum atomic E-state index is 0.244. The van der Waals surface area contributed by atoms with E-state index in [0.29, 0.717) is 23.6 Å². The van der Waals surface area contributed by atoms with Crippen molar-refractivity contribution in [1.82, 2.24) is 19.9 Å². The van der Waals surface area contributed by atoms with E-state index in [9.17, 15) is 0 Å². The Labute approximate surface area is 176 Å². The first-order valence-electron chi connectivity index (χ1n) is 10.5. The molecule has 2 aliphatic heterocycles. The average Bonchev–Trinajstić information content (AvgIpc) is 3.23. The molecule has 1 aromatic carbocycles. The summed E-state index contributed by atoms with van der Waals surface area (Å²) < 4.78 is 16.2. The van der Waals surface area contributed by atoms with Crippen molar-refractivity contribution in [1.29, 1.82) is 0 Å². The van der Waals surface area contributed by atoms with Crippen molar-refractivity contribution in [2.24, 2.45) is 0 Å². The van der Waals surface area contributed by atoms with Gasteiger partial charge in [0.25, 0.3) is 0 Å². The van der Waals surface area contributed by atoms with Crippen LogP contribution in [0.1, 0.15) is 13.8 Å². The normalized spacial score (nSPS) is 15.8. The van der Waals surface area contributed by atoms with Crippen molar-refractivity contribution in [2.45, 2.75) is 13.8 Å². The highest BCUT2D eigenvalue weighted by atomic mass is 16.7. The number of nitrogens with one attached hydrogen (secondary N) is 2. The van der Waals surface area contributed by atoms with Gasteiger partial charge in [-0.15, -0.1) is 0 Å². The van der Waals surface area contributed by atoms with Gasteiger partial charge in [0.15, 0.2) is 11.5 Å². The van der Waals surface area contributed by atoms with Crippen molar-refractivity contribution in [3.05, 3.63) is 18.2 Å². The molecule has 162 valence electrons. The van der Waals surface area contributed by atoms with E-state index in [2.05, 4.69) is 49.2 Å². The van der Waals surface area contributed by atoms with Gasteiger partial charge in [-0.05, 0) is 26.0 Å². The summed E-state index contributed by atoms with van der Waals surface area (Å²) in [5, 5.41) is 6.61. The molecule has 2 N–H and O–H groups in total. The zero-order chi connectivity index (χ0) is 20.8. The first-order valence-corrected chi connectivity index (χ1v) is 10.5. The largest absolute Gasteiger partial charge is 0.454 e. The molecule has 1 aromatic heterocycles. The number of aromatic nitrogens is 3. The Morgan fingerprint density at radius 2 is 1.77 bits per heavy atom. The number of benzene rings is 1. The number of morpholine rings is 1. The second-order valence-corrected chi connectivity index (χ2v) is 7.03. The number of fused-ring (bicyclic) bond motifs is 1. The average molecular weight is 415 g/mol. The van der Waals surface area contributed by atoms with Gasteiger partial charge in [-0.25, -0.2) is 0 Å². The molecule has 2 aromatic rings. The summed E-state index contributed by atoms with van der Waals surface area (Å²) in [6, 6.07) is 5.67. The van der Waals surface area contributed by atoms with E-state index in [1.807, 2.05) is 18.2 Å².